The van der Waals surface area contributed by atoms with E-state index in [0.717, 1.165) is 25.4 Å². The Morgan fingerprint density at radius 2 is 1.65 bits per heavy atom. The van der Waals surface area contributed by atoms with Crippen LogP contribution < -0.4 is 4.74 Å². The predicted octanol–water partition coefficient (Wildman–Crippen LogP) is 2.55. The number of fused-ring (bicyclic) bond motifs is 1. The first-order valence-electron chi connectivity index (χ1n) is 12.0. The largest absolute Gasteiger partial charge is 0.486 e. The molecular formula is C22H31N3O10S2. The maximum absolute atomic E-state index is 11.6. The average molecular weight is 562 g/mol. The molecule has 2 aromatic rings. The number of ether oxygens (including phenoxy) is 2. The Hall–Kier alpha value is -2.33. The highest BCUT2D eigenvalue weighted by molar-refractivity contribution is 7.86. The smallest absolute Gasteiger partial charge is 0.311 e. The second-order valence-corrected chi connectivity index (χ2v) is 13.0. The first kappa shape index (κ1) is 27.7. The molecule has 1 aromatic carbocycles. The van der Waals surface area contributed by atoms with Gasteiger partial charge in [0.25, 0.3) is 20.2 Å². The zero-order valence-corrected chi connectivity index (χ0v) is 22.3. The summed E-state index contributed by atoms with van der Waals surface area (Å²) >= 11 is 0. The van der Waals surface area contributed by atoms with Gasteiger partial charge < -0.3 is 9.47 Å². The fourth-order valence-corrected chi connectivity index (χ4v) is 5.04. The molecule has 1 aromatic heterocycles. The van der Waals surface area contributed by atoms with Crippen molar-refractivity contribution in [2.75, 3.05) is 32.3 Å². The second kappa shape index (κ2) is 11.2. The first-order chi connectivity index (χ1) is 17.4. The molecule has 0 spiro atoms. The number of hydrogen-bond acceptors (Lipinski definition) is 11. The van der Waals surface area contributed by atoms with Gasteiger partial charge in [0.15, 0.2) is 5.75 Å². The molecular weight excluding hydrogens is 530 g/mol. The summed E-state index contributed by atoms with van der Waals surface area (Å²) in [6.45, 7) is -0.256. The van der Waals surface area contributed by atoms with Gasteiger partial charge in [-0.1, -0.05) is 0 Å². The van der Waals surface area contributed by atoms with E-state index in [0.29, 0.717) is 49.1 Å². The van der Waals surface area contributed by atoms with Crippen molar-refractivity contribution in [1.82, 2.24) is 9.78 Å². The molecule has 0 saturated heterocycles. The number of aromatic nitrogens is 2. The molecule has 2 aliphatic carbocycles. The second-order valence-electron chi connectivity index (χ2n) is 9.67. The standard InChI is InChI=1S/C22H31N3O10S2/c1-36(28,29)33-13-19(14-34-37(2,30)31)35-18-7-5-17(6-8-18)24-11-16-9-21(25(26)27)22(10-20(16)23-24)32-12-15-3-4-15/h9-11,15,17-19H,3-8,12-14H2,1-2H3. The Morgan fingerprint density at radius 3 is 2.19 bits per heavy atom. The van der Waals surface area contributed by atoms with E-state index in [1.165, 1.54) is 6.07 Å². The molecule has 0 aliphatic heterocycles. The van der Waals surface area contributed by atoms with Gasteiger partial charge in [-0.3, -0.25) is 23.2 Å². The number of nitrogens with zero attached hydrogens (tertiary/aromatic N) is 3. The Bertz CT molecular complexity index is 1290. The fraction of sp³-hybridized carbons (Fsp3) is 0.682. The van der Waals surface area contributed by atoms with Crippen molar-refractivity contribution in [3.63, 3.8) is 0 Å². The molecule has 0 unspecified atom stereocenters. The van der Waals surface area contributed by atoms with Crippen molar-refractivity contribution >= 4 is 36.8 Å². The lowest BCUT2D eigenvalue weighted by atomic mass is 9.93. The summed E-state index contributed by atoms with van der Waals surface area (Å²) in [5.74, 6) is 0.686. The van der Waals surface area contributed by atoms with Crippen LogP contribution in [0.25, 0.3) is 10.9 Å². The molecule has 0 radical (unpaired) electrons. The number of rotatable bonds is 13. The van der Waals surface area contributed by atoms with E-state index >= 15 is 0 Å². The molecule has 0 atom stereocenters. The molecule has 0 N–H and O–H groups in total. The number of benzene rings is 1. The predicted molar refractivity (Wildman–Crippen MR) is 132 cm³/mol. The van der Waals surface area contributed by atoms with Gasteiger partial charge in [0, 0.05) is 23.7 Å². The highest BCUT2D eigenvalue weighted by Gasteiger charge is 2.29. The van der Waals surface area contributed by atoms with Crippen molar-refractivity contribution < 1.29 is 39.6 Å². The van der Waals surface area contributed by atoms with Crippen LogP contribution in [0.4, 0.5) is 5.69 Å². The maximum Gasteiger partial charge on any atom is 0.311 e. The van der Waals surface area contributed by atoms with Crippen LogP contribution in [-0.4, -0.2) is 76.1 Å². The monoisotopic (exact) mass is 561 g/mol. The van der Waals surface area contributed by atoms with Crippen LogP contribution in [-0.2, 0) is 33.3 Å². The van der Waals surface area contributed by atoms with E-state index in [4.69, 9.17) is 17.8 Å². The lowest BCUT2D eigenvalue weighted by Gasteiger charge is -2.31. The first-order valence-corrected chi connectivity index (χ1v) is 15.6. The van der Waals surface area contributed by atoms with E-state index in [2.05, 4.69) is 5.10 Å². The summed E-state index contributed by atoms with van der Waals surface area (Å²) in [6, 6.07) is 3.15. The van der Waals surface area contributed by atoms with Gasteiger partial charge in [0.05, 0.1) is 54.9 Å². The third-order valence-corrected chi connectivity index (χ3v) is 7.44. The van der Waals surface area contributed by atoms with Crippen LogP contribution in [0.15, 0.2) is 18.3 Å². The van der Waals surface area contributed by atoms with Crippen LogP contribution in [0.5, 0.6) is 5.75 Å². The van der Waals surface area contributed by atoms with Gasteiger partial charge in [-0.2, -0.15) is 21.9 Å². The summed E-state index contributed by atoms with van der Waals surface area (Å²) in [5, 5.41) is 16.9. The molecule has 13 nitrogen and oxygen atoms in total. The van der Waals surface area contributed by atoms with Crippen LogP contribution in [0.1, 0.15) is 44.6 Å². The average Bonchev–Trinajstić information content (AvgIpc) is 3.55. The fourth-order valence-electron chi connectivity index (χ4n) is 4.24. The molecule has 206 valence electrons. The van der Waals surface area contributed by atoms with E-state index in [1.807, 2.05) is 4.68 Å². The molecule has 15 heteroatoms. The lowest BCUT2D eigenvalue weighted by Crippen LogP contribution is -2.34. The minimum Gasteiger partial charge on any atom is -0.486 e. The molecule has 2 aliphatic rings. The van der Waals surface area contributed by atoms with Crippen molar-refractivity contribution in [1.29, 1.82) is 0 Å². The Labute approximate surface area is 215 Å². The Kier molecular flexibility index (Phi) is 8.38. The van der Waals surface area contributed by atoms with Crippen LogP contribution in [0, 0.1) is 16.0 Å². The molecule has 4 rings (SSSR count). The van der Waals surface area contributed by atoms with Crippen LogP contribution >= 0.6 is 0 Å². The van der Waals surface area contributed by atoms with Gasteiger partial charge in [-0.15, -0.1) is 0 Å². The van der Waals surface area contributed by atoms with Crippen LogP contribution in [0.3, 0.4) is 0 Å². The van der Waals surface area contributed by atoms with E-state index < -0.39 is 31.3 Å². The SMILES string of the molecule is CS(=O)(=O)OCC(COS(C)(=O)=O)OC1CCC(n2cc3cc([N+](=O)[O-])c(OCC4CC4)cc3n2)CC1. The normalized spacial score (nSPS) is 20.9. The Morgan fingerprint density at radius 1 is 1.03 bits per heavy atom. The maximum atomic E-state index is 11.6. The number of nitro groups is 1. The van der Waals surface area contributed by atoms with Gasteiger partial charge in [-0.25, -0.2) is 0 Å². The zero-order chi connectivity index (χ0) is 26.8. The lowest BCUT2D eigenvalue weighted by molar-refractivity contribution is -0.385. The topological polar surface area (TPSA) is 166 Å². The summed E-state index contributed by atoms with van der Waals surface area (Å²) in [5.41, 5.74) is 0.536. The Balaban J connectivity index is 1.39. The van der Waals surface area contributed by atoms with Gasteiger partial charge in [0.2, 0.25) is 0 Å². The zero-order valence-electron chi connectivity index (χ0n) is 20.6. The van der Waals surface area contributed by atoms with E-state index in [1.54, 1.807) is 12.3 Å². The van der Waals surface area contributed by atoms with Crippen molar-refractivity contribution in [2.45, 2.75) is 56.8 Å². The van der Waals surface area contributed by atoms with Crippen molar-refractivity contribution in [2.24, 2.45) is 5.92 Å². The van der Waals surface area contributed by atoms with Crippen LogP contribution in [0.2, 0.25) is 0 Å². The molecule has 2 fully saturated rings. The quantitative estimate of drug-likeness (QED) is 0.200. The molecule has 0 bridgehead atoms. The highest BCUT2D eigenvalue weighted by atomic mass is 32.2. The van der Waals surface area contributed by atoms with Gasteiger partial charge >= 0.3 is 5.69 Å². The number of nitro benzene ring substituents is 1. The molecule has 2 saturated carbocycles. The minimum absolute atomic E-state index is 0.0418. The summed E-state index contributed by atoms with van der Waals surface area (Å²) in [6.07, 6.45) is 7.23. The third kappa shape index (κ3) is 8.33. The van der Waals surface area contributed by atoms with Crippen molar-refractivity contribution in [3.8, 4) is 5.75 Å². The number of hydrogen-bond donors (Lipinski definition) is 0. The molecule has 1 heterocycles. The third-order valence-electron chi connectivity index (χ3n) is 6.31. The summed E-state index contributed by atoms with van der Waals surface area (Å²) in [4.78, 5) is 11.1. The van der Waals surface area contributed by atoms with E-state index in [-0.39, 0.29) is 36.8 Å². The molecule has 37 heavy (non-hydrogen) atoms. The molecule has 0 amide bonds. The highest BCUT2D eigenvalue weighted by Crippen LogP contribution is 2.37. The van der Waals surface area contributed by atoms with E-state index in [9.17, 15) is 26.9 Å². The van der Waals surface area contributed by atoms with Crippen molar-refractivity contribution in [3.05, 3.63) is 28.4 Å². The minimum atomic E-state index is -3.74. The van der Waals surface area contributed by atoms with Gasteiger partial charge in [-0.05, 0) is 44.4 Å². The summed E-state index contributed by atoms with van der Waals surface area (Å²) in [7, 11) is -7.47. The summed E-state index contributed by atoms with van der Waals surface area (Å²) < 4.78 is 68.5. The van der Waals surface area contributed by atoms with Gasteiger partial charge in [0.1, 0.15) is 6.10 Å².